The maximum absolute atomic E-state index is 12.2. The molecule has 1 N–H and O–H groups in total. The molecule has 27 heavy (non-hydrogen) atoms. The smallest absolute Gasteiger partial charge is 0.339 e. The SMILES string of the molecule is CCOc1ccc(OCCCC(=O)N(C)Cc2cc(C(=O)O)c(C)o2)cc1. The summed E-state index contributed by atoms with van der Waals surface area (Å²) < 4.78 is 16.4. The molecule has 0 fully saturated rings. The van der Waals surface area contributed by atoms with Crippen LogP contribution < -0.4 is 9.47 Å². The Morgan fingerprint density at radius 3 is 2.33 bits per heavy atom. The Hall–Kier alpha value is -2.96. The quantitative estimate of drug-likeness (QED) is 0.639. The fourth-order valence-corrected chi connectivity index (χ4v) is 2.56. The van der Waals surface area contributed by atoms with E-state index >= 15 is 0 Å². The number of aryl methyl sites for hydroxylation is 1. The number of carbonyl (C=O) groups is 2. The van der Waals surface area contributed by atoms with Crippen molar-refractivity contribution < 1.29 is 28.6 Å². The molecule has 0 bridgehead atoms. The maximum atomic E-state index is 12.2. The first-order chi connectivity index (χ1) is 12.9. The van der Waals surface area contributed by atoms with E-state index in [-0.39, 0.29) is 18.0 Å². The number of carbonyl (C=O) groups excluding carboxylic acids is 1. The van der Waals surface area contributed by atoms with E-state index in [1.54, 1.807) is 14.0 Å². The van der Waals surface area contributed by atoms with Gasteiger partial charge in [0.1, 0.15) is 28.6 Å². The Labute approximate surface area is 158 Å². The van der Waals surface area contributed by atoms with Crippen molar-refractivity contribution in [1.82, 2.24) is 4.90 Å². The van der Waals surface area contributed by atoms with E-state index < -0.39 is 5.97 Å². The van der Waals surface area contributed by atoms with Crippen LogP contribution in [0.2, 0.25) is 0 Å². The van der Waals surface area contributed by atoms with Crippen LogP contribution >= 0.6 is 0 Å². The molecule has 0 unspecified atom stereocenters. The summed E-state index contributed by atoms with van der Waals surface area (Å²) in [6.07, 6.45) is 0.910. The number of rotatable bonds is 10. The van der Waals surface area contributed by atoms with Crippen LogP contribution in [0.25, 0.3) is 0 Å². The molecule has 1 aromatic carbocycles. The topological polar surface area (TPSA) is 89.2 Å². The van der Waals surface area contributed by atoms with E-state index in [4.69, 9.17) is 19.0 Å². The second-order valence-corrected chi connectivity index (χ2v) is 6.09. The van der Waals surface area contributed by atoms with Gasteiger partial charge in [-0.2, -0.15) is 0 Å². The van der Waals surface area contributed by atoms with Gasteiger partial charge in [-0.1, -0.05) is 0 Å². The summed E-state index contributed by atoms with van der Waals surface area (Å²) >= 11 is 0. The lowest BCUT2D eigenvalue weighted by Gasteiger charge is -2.15. The second kappa shape index (κ2) is 9.66. The molecular weight excluding hydrogens is 350 g/mol. The lowest BCUT2D eigenvalue weighted by molar-refractivity contribution is -0.130. The van der Waals surface area contributed by atoms with E-state index in [1.807, 2.05) is 31.2 Å². The third-order valence-electron chi connectivity index (χ3n) is 3.96. The van der Waals surface area contributed by atoms with Crippen LogP contribution in [-0.4, -0.2) is 42.1 Å². The predicted octanol–water partition coefficient (Wildman–Crippen LogP) is 3.50. The molecule has 0 saturated carbocycles. The second-order valence-electron chi connectivity index (χ2n) is 6.09. The van der Waals surface area contributed by atoms with Crippen molar-refractivity contribution in [1.29, 1.82) is 0 Å². The highest BCUT2D eigenvalue weighted by Gasteiger charge is 2.16. The van der Waals surface area contributed by atoms with Gasteiger partial charge in [-0.3, -0.25) is 4.79 Å². The molecule has 1 aromatic heterocycles. The Kier molecular flexibility index (Phi) is 7.28. The van der Waals surface area contributed by atoms with Crippen molar-refractivity contribution in [3.63, 3.8) is 0 Å². The fraction of sp³-hybridized carbons (Fsp3) is 0.400. The van der Waals surface area contributed by atoms with Crippen LogP contribution in [0.4, 0.5) is 0 Å². The van der Waals surface area contributed by atoms with Gasteiger partial charge in [0.15, 0.2) is 0 Å². The first-order valence-corrected chi connectivity index (χ1v) is 8.83. The van der Waals surface area contributed by atoms with Gasteiger partial charge in [0.2, 0.25) is 5.91 Å². The van der Waals surface area contributed by atoms with Crippen molar-refractivity contribution in [2.75, 3.05) is 20.3 Å². The Balaban J connectivity index is 1.73. The first kappa shape index (κ1) is 20.4. The van der Waals surface area contributed by atoms with Gasteiger partial charge in [-0.05, 0) is 50.6 Å². The summed E-state index contributed by atoms with van der Waals surface area (Å²) in [6.45, 7) is 4.79. The zero-order valence-corrected chi connectivity index (χ0v) is 15.9. The minimum Gasteiger partial charge on any atom is -0.494 e. The van der Waals surface area contributed by atoms with Crippen molar-refractivity contribution in [3.8, 4) is 11.5 Å². The van der Waals surface area contributed by atoms with E-state index in [2.05, 4.69) is 0 Å². The summed E-state index contributed by atoms with van der Waals surface area (Å²) in [4.78, 5) is 24.7. The number of ether oxygens (including phenoxy) is 2. The molecule has 146 valence electrons. The molecule has 0 aliphatic carbocycles. The summed E-state index contributed by atoms with van der Waals surface area (Å²) in [7, 11) is 1.66. The minimum atomic E-state index is -1.04. The zero-order valence-electron chi connectivity index (χ0n) is 15.9. The summed E-state index contributed by atoms with van der Waals surface area (Å²) in [5.74, 6) is 1.21. The molecule has 1 heterocycles. The van der Waals surface area contributed by atoms with Gasteiger partial charge in [-0.15, -0.1) is 0 Å². The number of hydrogen-bond acceptors (Lipinski definition) is 5. The predicted molar refractivity (Wildman–Crippen MR) is 99.2 cm³/mol. The molecule has 0 spiro atoms. The summed E-state index contributed by atoms with van der Waals surface area (Å²) in [5.41, 5.74) is 0.120. The largest absolute Gasteiger partial charge is 0.494 e. The Morgan fingerprint density at radius 2 is 1.78 bits per heavy atom. The molecule has 0 aliphatic heterocycles. The minimum absolute atomic E-state index is 0.0591. The van der Waals surface area contributed by atoms with Crippen LogP contribution in [0.1, 0.15) is 41.6 Å². The van der Waals surface area contributed by atoms with E-state index in [1.165, 1.54) is 11.0 Å². The molecule has 1 amide bonds. The Bertz CT molecular complexity index is 765. The van der Waals surface area contributed by atoms with E-state index in [0.717, 1.165) is 11.5 Å². The van der Waals surface area contributed by atoms with Gasteiger partial charge in [0, 0.05) is 13.5 Å². The third kappa shape index (κ3) is 6.06. The number of nitrogens with zero attached hydrogens (tertiary/aromatic N) is 1. The lowest BCUT2D eigenvalue weighted by Crippen LogP contribution is -2.26. The van der Waals surface area contributed by atoms with Crippen LogP contribution in [0, 0.1) is 6.92 Å². The summed E-state index contributed by atoms with van der Waals surface area (Å²) in [5, 5.41) is 9.04. The number of furan rings is 1. The van der Waals surface area contributed by atoms with Gasteiger partial charge in [0.25, 0.3) is 0 Å². The van der Waals surface area contributed by atoms with Gasteiger partial charge in [-0.25, -0.2) is 4.79 Å². The molecule has 2 rings (SSSR count). The summed E-state index contributed by atoms with van der Waals surface area (Å²) in [6, 6.07) is 8.80. The zero-order chi connectivity index (χ0) is 19.8. The number of benzene rings is 1. The highest BCUT2D eigenvalue weighted by Crippen LogP contribution is 2.18. The van der Waals surface area contributed by atoms with Crippen molar-refractivity contribution in [2.45, 2.75) is 33.2 Å². The average molecular weight is 375 g/mol. The van der Waals surface area contributed by atoms with Gasteiger partial charge in [0.05, 0.1) is 19.8 Å². The molecule has 7 heteroatoms. The third-order valence-corrected chi connectivity index (χ3v) is 3.96. The van der Waals surface area contributed by atoms with E-state index in [0.29, 0.717) is 37.6 Å². The molecule has 2 aromatic rings. The number of carboxylic acids is 1. The molecule has 7 nitrogen and oxygen atoms in total. The number of amides is 1. The fourth-order valence-electron chi connectivity index (χ4n) is 2.56. The molecule has 0 atom stereocenters. The number of aromatic carboxylic acids is 1. The lowest BCUT2D eigenvalue weighted by atomic mass is 10.2. The Morgan fingerprint density at radius 1 is 1.15 bits per heavy atom. The van der Waals surface area contributed by atoms with Crippen molar-refractivity contribution in [3.05, 3.63) is 47.4 Å². The normalized spacial score (nSPS) is 10.5. The van der Waals surface area contributed by atoms with Crippen molar-refractivity contribution >= 4 is 11.9 Å². The maximum Gasteiger partial charge on any atom is 0.339 e. The molecule has 0 saturated heterocycles. The van der Waals surface area contributed by atoms with Crippen molar-refractivity contribution in [2.24, 2.45) is 0 Å². The standard InChI is InChI=1S/C20H25NO6/c1-4-25-15-7-9-16(10-8-15)26-11-5-6-19(22)21(3)13-17-12-18(20(23)24)14(2)27-17/h7-10,12H,4-6,11,13H2,1-3H3,(H,23,24). The molecular formula is C20H25NO6. The van der Waals surface area contributed by atoms with Gasteiger partial charge >= 0.3 is 5.97 Å². The van der Waals surface area contributed by atoms with Gasteiger partial charge < -0.3 is 23.9 Å². The van der Waals surface area contributed by atoms with E-state index in [9.17, 15) is 9.59 Å². The highest BCUT2D eigenvalue weighted by molar-refractivity contribution is 5.88. The first-order valence-electron chi connectivity index (χ1n) is 8.83. The number of hydrogen-bond donors (Lipinski definition) is 1. The monoisotopic (exact) mass is 375 g/mol. The number of carboxylic acid groups (broad SMARTS) is 1. The van der Waals surface area contributed by atoms with Crippen LogP contribution in [0.5, 0.6) is 11.5 Å². The average Bonchev–Trinajstić information content (AvgIpc) is 3.00. The molecule has 0 radical (unpaired) electrons. The van der Waals surface area contributed by atoms with Crippen LogP contribution in [-0.2, 0) is 11.3 Å². The van der Waals surface area contributed by atoms with Crippen LogP contribution in [0.15, 0.2) is 34.7 Å². The highest BCUT2D eigenvalue weighted by atomic mass is 16.5. The van der Waals surface area contributed by atoms with Crippen LogP contribution in [0.3, 0.4) is 0 Å². The molecule has 0 aliphatic rings.